The molecule has 0 saturated carbocycles. The number of fused-ring (bicyclic) bond motifs is 2. The lowest BCUT2D eigenvalue weighted by molar-refractivity contribution is -0.109. The van der Waals surface area contributed by atoms with Gasteiger partial charge in [0.1, 0.15) is 6.29 Å². The van der Waals surface area contributed by atoms with Crippen molar-refractivity contribution in [1.29, 1.82) is 0 Å². The van der Waals surface area contributed by atoms with Gasteiger partial charge in [0.05, 0.1) is 17.1 Å². The summed E-state index contributed by atoms with van der Waals surface area (Å²) in [4.78, 5) is 45.5. The second-order valence-electron chi connectivity index (χ2n) is 7.16. The number of aryl methyl sites for hydroxylation is 2. The molecule has 0 aromatic heterocycles. The van der Waals surface area contributed by atoms with Gasteiger partial charge in [-0.2, -0.15) is 4.98 Å². The summed E-state index contributed by atoms with van der Waals surface area (Å²) in [6.45, 7) is 5.91. The lowest BCUT2D eigenvalue weighted by Gasteiger charge is -2.18. The van der Waals surface area contributed by atoms with E-state index in [1.165, 1.54) is 0 Å². The number of aromatic amines is 1. The van der Waals surface area contributed by atoms with Gasteiger partial charge >= 0.3 is 5.69 Å². The second kappa shape index (κ2) is 9.06. The maximum absolute atomic E-state index is 12.3. The molecule has 1 aromatic rings. The highest BCUT2D eigenvalue weighted by Crippen LogP contribution is 2.23. The SMILES string of the molecule is CNC(C=O)CCCNCCn1c2nc(=O)[nH]c(=O)c-2nc2cc(C)c(C)cc21. The minimum absolute atomic E-state index is 0.128. The van der Waals surface area contributed by atoms with Crippen molar-refractivity contribution in [3.05, 3.63) is 44.1 Å². The summed E-state index contributed by atoms with van der Waals surface area (Å²) in [5.41, 5.74) is 2.64. The quantitative estimate of drug-likeness (QED) is 0.270. The number of aromatic nitrogens is 4. The van der Waals surface area contributed by atoms with Crippen LogP contribution < -0.4 is 21.9 Å². The summed E-state index contributed by atoms with van der Waals surface area (Å²) in [5, 5.41) is 6.30. The van der Waals surface area contributed by atoms with Gasteiger partial charge in [-0.15, -0.1) is 0 Å². The van der Waals surface area contributed by atoms with Crippen molar-refractivity contribution in [1.82, 2.24) is 30.2 Å². The lowest BCUT2D eigenvalue weighted by Crippen LogP contribution is -2.31. The molecule has 1 atom stereocenters. The molecule has 1 aromatic carbocycles. The van der Waals surface area contributed by atoms with E-state index in [-0.39, 0.29) is 17.6 Å². The molecule has 0 fully saturated rings. The van der Waals surface area contributed by atoms with Gasteiger partial charge in [0.25, 0.3) is 5.56 Å². The molecule has 0 bridgehead atoms. The van der Waals surface area contributed by atoms with Crippen LogP contribution in [-0.4, -0.2) is 52.0 Å². The molecule has 0 amide bonds. The normalized spacial score (nSPS) is 12.5. The Hall–Kier alpha value is -2.91. The van der Waals surface area contributed by atoms with E-state index in [0.717, 1.165) is 42.3 Å². The van der Waals surface area contributed by atoms with Crippen molar-refractivity contribution >= 4 is 17.3 Å². The number of nitrogens with one attached hydrogen (secondary N) is 3. The minimum atomic E-state index is -0.679. The Morgan fingerprint density at radius 1 is 1.17 bits per heavy atom. The summed E-state index contributed by atoms with van der Waals surface area (Å²) in [6.07, 6.45) is 2.53. The van der Waals surface area contributed by atoms with Crippen LogP contribution >= 0.6 is 0 Å². The molecular formula is C20H26N6O3. The molecule has 154 valence electrons. The van der Waals surface area contributed by atoms with E-state index in [2.05, 4.69) is 25.6 Å². The highest BCUT2D eigenvalue weighted by molar-refractivity contribution is 5.81. The van der Waals surface area contributed by atoms with Crippen molar-refractivity contribution in [3.8, 4) is 11.5 Å². The summed E-state index contributed by atoms with van der Waals surface area (Å²) >= 11 is 0. The number of carbonyl (C=O) groups is 1. The van der Waals surface area contributed by atoms with E-state index >= 15 is 0 Å². The van der Waals surface area contributed by atoms with E-state index in [9.17, 15) is 14.4 Å². The minimum Gasteiger partial charge on any atom is -0.321 e. The molecule has 9 heteroatoms. The van der Waals surface area contributed by atoms with Crippen LogP contribution in [0.15, 0.2) is 21.7 Å². The predicted molar refractivity (Wildman–Crippen MR) is 112 cm³/mol. The summed E-state index contributed by atoms with van der Waals surface area (Å²) in [7, 11) is 1.77. The monoisotopic (exact) mass is 398 g/mol. The van der Waals surface area contributed by atoms with Crippen LogP contribution in [0.1, 0.15) is 24.0 Å². The standard InChI is InChI=1S/C20H26N6O3/c1-12-9-15-16(10-13(12)2)26(8-7-22-6-4-5-14(11-27)21-3)18-17(23-15)19(28)25-20(29)24-18/h9-11,14,21-22H,4-8H2,1-3H3,(H,25,28,29). The lowest BCUT2D eigenvalue weighted by atomic mass is 10.1. The van der Waals surface area contributed by atoms with Crippen LogP contribution in [-0.2, 0) is 11.3 Å². The van der Waals surface area contributed by atoms with E-state index < -0.39 is 11.2 Å². The smallest absolute Gasteiger partial charge is 0.321 e. The van der Waals surface area contributed by atoms with E-state index in [4.69, 9.17) is 0 Å². The number of aldehydes is 1. The Morgan fingerprint density at radius 3 is 2.66 bits per heavy atom. The number of hydrogen-bond donors (Lipinski definition) is 3. The zero-order valence-electron chi connectivity index (χ0n) is 16.9. The second-order valence-corrected chi connectivity index (χ2v) is 7.16. The first-order valence-electron chi connectivity index (χ1n) is 9.69. The van der Waals surface area contributed by atoms with Crippen LogP contribution in [0, 0.1) is 13.8 Å². The largest absolute Gasteiger partial charge is 0.349 e. The molecule has 29 heavy (non-hydrogen) atoms. The molecule has 3 rings (SSSR count). The van der Waals surface area contributed by atoms with Crippen LogP contribution in [0.4, 0.5) is 0 Å². The van der Waals surface area contributed by atoms with Crippen molar-refractivity contribution in [2.75, 3.05) is 20.1 Å². The Kier molecular flexibility index (Phi) is 6.50. The van der Waals surface area contributed by atoms with Gasteiger partial charge in [0.2, 0.25) is 0 Å². The topological polar surface area (TPSA) is 122 Å². The highest BCUT2D eigenvalue weighted by atomic mass is 16.2. The third-order valence-electron chi connectivity index (χ3n) is 5.14. The van der Waals surface area contributed by atoms with Gasteiger partial charge in [0.15, 0.2) is 11.5 Å². The zero-order valence-corrected chi connectivity index (χ0v) is 16.9. The number of nitrogens with zero attached hydrogens (tertiary/aromatic N) is 3. The molecule has 2 heterocycles. The Labute approximate surface area is 167 Å². The highest BCUT2D eigenvalue weighted by Gasteiger charge is 2.19. The molecule has 1 unspecified atom stereocenters. The summed E-state index contributed by atoms with van der Waals surface area (Å²) in [6, 6.07) is 3.82. The number of hydrogen-bond acceptors (Lipinski definition) is 7. The fourth-order valence-electron chi connectivity index (χ4n) is 3.32. The van der Waals surface area contributed by atoms with Gasteiger partial charge in [-0.3, -0.25) is 9.78 Å². The van der Waals surface area contributed by atoms with Gasteiger partial charge in [0, 0.05) is 13.1 Å². The molecule has 2 aliphatic rings. The maximum atomic E-state index is 12.3. The van der Waals surface area contributed by atoms with E-state index in [1.54, 1.807) is 7.05 Å². The van der Waals surface area contributed by atoms with Crippen LogP contribution in [0.3, 0.4) is 0 Å². The average molecular weight is 398 g/mol. The average Bonchev–Trinajstić information content (AvgIpc) is 2.69. The zero-order chi connectivity index (χ0) is 21.0. The number of likely N-dealkylation sites (N-methyl/N-ethyl adjacent to an activating group) is 1. The van der Waals surface area contributed by atoms with Crippen molar-refractivity contribution in [2.45, 2.75) is 39.3 Å². The van der Waals surface area contributed by atoms with Crippen LogP contribution in [0.5, 0.6) is 0 Å². The molecule has 3 N–H and O–H groups in total. The van der Waals surface area contributed by atoms with Crippen LogP contribution in [0.2, 0.25) is 0 Å². The number of H-pyrrole nitrogens is 1. The third-order valence-corrected chi connectivity index (χ3v) is 5.14. The number of rotatable bonds is 9. The molecule has 9 nitrogen and oxygen atoms in total. The van der Waals surface area contributed by atoms with Crippen molar-refractivity contribution in [2.24, 2.45) is 0 Å². The fourth-order valence-corrected chi connectivity index (χ4v) is 3.32. The molecular weight excluding hydrogens is 372 g/mol. The summed E-state index contributed by atoms with van der Waals surface area (Å²) in [5.74, 6) is 0.285. The molecule has 2 aliphatic heterocycles. The van der Waals surface area contributed by atoms with Crippen molar-refractivity contribution < 1.29 is 4.79 Å². The Bertz CT molecular complexity index is 1100. The number of benzene rings is 1. The van der Waals surface area contributed by atoms with Gasteiger partial charge in [-0.1, -0.05) is 0 Å². The van der Waals surface area contributed by atoms with Gasteiger partial charge in [-0.25, -0.2) is 9.78 Å². The van der Waals surface area contributed by atoms with E-state index in [0.29, 0.717) is 18.6 Å². The third kappa shape index (κ3) is 4.57. The Balaban J connectivity index is 1.86. The fraction of sp³-hybridized carbons (Fsp3) is 0.450. The maximum Gasteiger partial charge on any atom is 0.349 e. The van der Waals surface area contributed by atoms with Gasteiger partial charge in [-0.05, 0) is 63.5 Å². The molecule has 0 saturated heterocycles. The molecule has 0 radical (unpaired) electrons. The van der Waals surface area contributed by atoms with Crippen molar-refractivity contribution in [3.63, 3.8) is 0 Å². The van der Waals surface area contributed by atoms with Gasteiger partial charge < -0.3 is 20.0 Å². The Morgan fingerprint density at radius 2 is 1.93 bits per heavy atom. The molecule has 0 spiro atoms. The first-order valence-corrected chi connectivity index (χ1v) is 9.69. The first kappa shape index (κ1) is 20.8. The predicted octanol–water partition coefficient (Wildman–Crippen LogP) is 0.358. The first-order chi connectivity index (χ1) is 13.9. The van der Waals surface area contributed by atoms with E-state index in [1.807, 2.05) is 30.5 Å². The molecule has 0 aliphatic carbocycles. The van der Waals surface area contributed by atoms with Crippen LogP contribution in [0.25, 0.3) is 22.6 Å². The number of carbonyl (C=O) groups excluding carboxylic acids is 1. The summed E-state index contributed by atoms with van der Waals surface area (Å²) < 4.78 is 1.87.